The first-order chi connectivity index (χ1) is 11.3. The first-order valence-corrected chi connectivity index (χ1v) is 7.53. The smallest absolute Gasteiger partial charge is 0.408 e. The third-order valence-corrected chi connectivity index (χ3v) is 2.95. The molecule has 0 saturated heterocycles. The molecule has 0 aliphatic rings. The molecular formula is C16H21N5O3. The van der Waals surface area contributed by atoms with Gasteiger partial charge in [0.05, 0.1) is 0 Å². The fourth-order valence-electron chi connectivity index (χ4n) is 1.98. The maximum Gasteiger partial charge on any atom is 0.408 e. The number of hydrogen-bond acceptors (Lipinski definition) is 5. The molecule has 0 aliphatic carbocycles. The predicted molar refractivity (Wildman–Crippen MR) is 88.3 cm³/mol. The van der Waals surface area contributed by atoms with E-state index in [2.05, 4.69) is 25.8 Å². The highest BCUT2D eigenvalue weighted by atomic mass is 16.6. The van der Waals surface area contributed by atoms with Crippen molar-refractivity contribution in [1.82, 2.24) is 20.5 Å². The van der Waals surface area contributed by atoms with Gasteiger partial charge in [0.2, 0.25) is 11.9 Å². The zero-order chi connectivity index (χ0) is 17.6. The van der Waals surface area contributed by atoms with Crippen LogP contribution in [0.25, 0.3) is 0 Å². The van der Waals surface area contributed by atoms with Crippen LogP contribution in [0, 0.1) is 0 Å². The van der Waals surface area contributed by atoms with Crippen LogP contribution in [-0.2, 0) is 16.0 Å². The van der Waals surface area contributed by atoms with E-state index in [1.807, 2.05) is 30.3 Å². The van der Waals surface area contributed by atoms with Crippen molar-refractivity contribution in [2.24, 2.45) is 0 Å². The normalized spacial score (nSPS) is 12.3. The number of carbonyl (C=O) groups is 2. The van der Waals surface area contributed by atoms with Crippen LogP contribution in [0.5, 0.6) is 0 Å². The number of aromatic amines is 1. The highest BCUT2D eigenvalue weighted by Gasteiger charge is 2.25. The number of ether oxygens (including phenoxy) is 1. The van der Waals surface area contributed by atoms with E-state index in [0.29, 0.717) is 6.42 Å². The summed E-state index contributed by atoms with van der Waals surface area (Å²) in [5.74, 6) is -0.203. The Bertz CT molecular complexity index is 665. The maximum absolute atomic E-state index is 12.4. The number of rotatable bonds is 5. The lowest BCUT2D eigenvalue weighted by atomic mass is 10.1. The van der Waals surface area contributed by atoms with Crippen molar-refractivity contribution >= 4 is 17.9 Å². The molecule has 2 rings (SSSR count). The molecule has 1 heterocycles. The monoisotopic (exact) mass is 331 g/mol. The molecule has 0 bridgehead atoms. The third kappa shape index (κ3) is 5.71. The van der Waals surface area contributed by atoms with E-state index >= 15 is 0 Å². The van der Waals surface area contributed by atoms with Crippen molar-refractivity contribution in [3.8, 4) is 0 Å². The molecule has 8 nitrogen and oxygen atoms in total. The van der Waals surface area contributed by atoms with E-state index in [9.17, 15) is 9.59 Å². The molecule has 0 spiro atoms. The topological polar surface area (TPSA) is 109 Å². The van der Waals surface area contributed by atoms with Crippen LogP contribution < -0.4 is 10.6 Å². The van der Waals surface area contributed by atoms with Gasteiger partial charge >= 0.3 is 6.09 Å². The van der Waals surface area contributed by atoms with E-state index in [4.69, 9.17) is 4.74 Å². The van der Waals surface area contributed by atoms with Gasteiger partial charge in [-0.1, -0.05) is 30.3 Å². The van der Waals surface area contributed by atoms with Gasteiger partial charge in [-0.3, -0.25) is 10.1 Å². The van der Waals surface area contributed by atoms with Gasteiger partial charge in [0.25, 0.3) is 0 Å². The number of carbonyl (C=O) groups excluding carboxylic acids is 2. The van der Waals surface area contributed by atoms with E-state index < -0.39 is 23.6 Å². The van der Waals surface area contributed by atoms with Gasteiger partial charge in [-0.25, -0.2) is 9.89 Å². The van der Waals surface area contributed by atoms with Crippen molar-refractivity contribution in [2.45, 2.75) is 38.8 Å². The lowest BCUT2D eigenvalue weighted by Gasteiger charge is -2.23. The van der Waals surface area contributed by atoms with E-state index in [0.717, 1.165) is 5.56 Å². The average Bonchev–Trinajstić information content (AvgIpc) is 2.98. The van der Waals surface area contributed by atoms with E-state index in [1.165, 1.54) is 6.33 Å². The molecular weight excluding hydrogens is 310 g/mol. The minimum atomic E-state index is -0.813. The number of H-pyrrole nitrogens is 1. The average molecular weight is 331 g/mol. The summed E-state index contributed by atoms with van der Waals surface area (Å²) >= 11 is 0. The lowest BCUT2D eigenvalue weighted by molar-refractivity contribution is -0.118. The lowest BCUT2D eigenvalue weighted by Crippen LogP contribution is -2.47. The molecule has 2 aromatic rings. The van der Waals surface area contributed by atoms with Crippen LogP contribution >= 0.6 is 0 Å². The van der Waals surface area contributed by atoms with Crippen LogP contribution in [-0.4, -0.2) is 38.8 Å². The Hall–Kier alpha value is -2.90. The summed E-state index contributed by atoms with van der Waals surface area (Å²) in [5.41, 5.74) is 0.259. The van der Waals surface area contributed by atoms with Crippen molar-refractivity contribution in [2.75, 3.05) is 5.32 Å². The first kappa shape index (κ1) is 17.5. The minimum Gasteiger partial charge on any atom is -0.444 e. The molecule has 0 unspecified atom stereocenters. The summed E-state index contributed by atoms with van der Waals surface area (Å²) in [7, 11) is 0. The molecule has 0 saturated carbocycles. The minimum absolute atomic E-state index is 0.212. The number of nitrogens with one attached hydrogen (secondary N) is 3. The number of benzene rings is 1. The number of anilines is 1. The second-order valence-corrected chi connectivity index (χ2v) is 6.21. The van der Waals surface area contributed by atoms with Gasteiger partial charge < -0.3 is 10.1 Å². The van der Waals surface area contributed by atoms with Crippen LogP contribution in [0.2, 0.25) is 0 Å². The van der Waals surface area contributed by atoms with Crippen LogP contribution in [0.3, 0.4) is 0 Å². The molecule has 1 atom stereocenters. The Morgan fingerprint density at radius 3 is 2.54 bits per heavy atom. The Morgan fingerprint density at radius 2 is 1.96 bits per heavy atom. The summed E-state index contributed by atoms with van der Waals surface area (Å²) in [6.07, 6.45) is 0.944. The SMILES string of the molecule is CC(C)(C)OC(=O)N[C@@H](Cc1ccccc1)C(=O)Nc1ncn[nH]1. The molecule has 128 valence electrons. The van der Waals surface area contributed by atoms with Gasteiger partial charge in [0.1, 0.15) is 18.0 Å². The molecule has 1 aromatic carbocycles. The molecule has 0 aliphatic heterocycles. The van der Waals surface area contributed by atoms with Gasteiger partial charge in [-0.05, 0) is 26.3 Å². The summed E-state index contributed by atoms with van der Waals surface area (Å²) in [6, 6.07) is 8.57. The van der Waals surface area contributed by atoms with Gasteiger partial charge in [-0.15, -0.1) is 0 Å². The van der Waals surface area contributed by atoms with Crippen LogP contribution in [0.1, 0.15) is 26.3 Å². The third-order valence-electron chi connectivity index (χ3n) is 2.95. The first-order valence-electron chi connectivity index (χ1n) is 7.53. The maximum atomic E-state index is 12.4. The largest absolute Gasteiger partial charge is 0.444 e. The van der Waals surface area contributed by atoms with Crippen molar-refractivity contribution < 1.29 is 14.3 Å². The highest BCUT2D eigenvalue weighted by molar-refractivity contribution is 5.95. The summed E-state index contributed by atoms with van der Waals surface area (Å²) in [4.78, 5) is 28.3. The second-order valence-electron chi connectivity index (χ2n) is 6.21. The Balaban J connectivity index is 2.08. The molecule has 3 N–H and O–H groups in total. The molecule has 0 fully saturated rings. The summed E-state index contributed by atoms with van der Waals surface area (Å²) in [5, 5.41) is 11.4. The number of alkyl carbamates (subject to hydrolysis) is 1. The standard InChI is InChI=1S/C16H21N5O3/c1-16(2,3)24-15(23)19-12(9-11-7-5-4-6-8-11)13(22)20-14-17-10-18-21-14/h4-8,10,12H,9H2,1-3H3,(H,19,23)(H2,17,18,20,21,22)/t12-/m0/s1. The molecule has 0 radical (unpaired) electrons. The van der Waals surface area contributed by atoms with Gasteiger partial charge in [-0.2, -0.15) is 10.1 Å². The number of hydrogen-bond donors (Lipinski definition) is 3. The van der Waals surface area contributed by atoms with Crippen LogP contribution in [0.4, 0.5) is 10.7 Å². The van der Waals surface area contributed by atoms with E-state index in [-0.39, 0.29) is 5.95 Å². The molecule has 8 heteroatoms. The fraction of sp³-hybridized carbons (Fsp3) is 0.375. The molecule has 1 aromatic heterocycles. The quantitative estimate of drug-likeness (QED) is 0.775. The Kier molecular flexibility index (Phi) is 5.51. The highest BCUT2D eigenvalue weighted by Crippen LogP contribution is 2.09. The fourth-order valence-corrected chi connectivity index (χ4v) is 1.98. The van der Waals surface area contributed by atoms with Gasteiger partial charge in [0.15, 0.2) is 0 Å². The van der Waals surface area contributed by atoms with Crippen molar-refractivity contribution in [1.29, 1.82) is 0 Å². The Labute approximate surface area is 140 Å². The zero-order valence-electron chi connectivity index (χ0n) is 13.9. The summed E-state index contributed by atoms with van der Waals surface area (Å²) in [6.45, 7) is 5.27. The van der Waals surface area contributed by atoms with Gasteiger partial charge in [0, 0.05) is 6.42 Å². The number of amides is 2. The van der Waals surface area contributed by atoms with Crippen LogP contribution in [0.15, 0.2) is 36.7 Å². The number of nitrogens with zero attached hydrogens (tertiary/aromatic N) is 2. The van der Waals surface area contributed by atoms with Crippen molar-refractivity contribution in [3.05, 3.63) is 42.2 Å². The molecule has 2 amide bonds. The number of aromatic nitrogens is 3. The zero-order valence-corrected chi connectivity index (χ0v) is 13.9. The summed E-state index contributed by atoms with van der Waals surface area (Å²) < 4.78 is 5.23. The molecule has 24 heavy (non-hydrogen) atoms. The second kappa shape index (κ2) is 7.58. The van der Waals surface area contributed by atoms with E-state index in [1.54, 1.807) is 20.8 Å². The Morgan fingerprint density at radius 1 is 1.25 bits per heavy atom. The van der Waals surface area contributed by atoms with Crippen molar-refractivity contribution in [3.63, 3.8) is 0 Å². The predicted octanol–water partition coefficient (Wildman–Crippen LogP) is 1.88.